The number of esters is 1. The number of nitrogens with zero attached hydrogens (tertiary/aromatic N) is 2. The van der Waals surface area contributed by atoms with E-state index in [-0.39, 0.29) is 43.7 Å². The first-order valence-electron chi connectivity index (χ1n) is 12.0. The molecule has 190 valence electrons. The summed E-state index contributed by atoms with van der Waals surface area (Å²) < 4.78 is 21.7. The number of carbonyl (C=O) groups is 3. The molecule has 0 aromatic heterocycles. The number of benzene rings is 1. The molecule has 0 aliphatic carbocycles. The van der Waals surface area contributed by atoms with E-state index in [1.54, 1.807) is 34.6 Å². The summed E-state index contributed by atoms with van der Waals surface area (Å²) in [5, 5.41) is 2.57. The molecule has 9 nitrogen and oxygen atoms in total. The van der Waals surface area contributed by atoms with Gasteiger partial charge in [0, 0.05) is 12.5 Å². The number of ether oxygens (including phenoxy) is 4. The topological polar surface area (TPSA) is 94.6 Å². The van der Waals surface area contributed by atoms with Gasteiger partial charge in [-0.1, -0.05) is 30.3 Å². The van der Waals surface area contributed by atoms with Crippen LogP contribution in [0.15, 0.2) is 30.3 Å². The predicted octanol–water partition coefficient (Wildman–Crippen LogP) is 4.54. The van der Waals surface area contributed by atoms with E-state index in [1.165, 1.54) is 10.0 Å². The van der Waals surface area contributed by atoms with Gasteiger partial charge in [-0.05, 0) is 53.0 Å². The molecular weight excluding hydrogens is 440 g/mol. The van der Waals surface area contributed by atoms with Crippen LogP contribution in [-0.4, -0.2) is 66.2 Å². The molecule has 34 heavy (non-hydrogen) atoms. The number of hydrogen-bond acceptors (Lipinski definition) is 7. The molecular formula is C25H38N2O7. The van der Waals surface area contributed by atoms with Crippen LogP contribution in [0.1, 0.15) is 59.4 Å². The van der Waals surface area contributed by atoms with Gasteiger partial charge in [-0.15, -0.1) is 0 Å². The molecule has 1 heterocycles. The maximum Gasteiger partial charge on any atom is 0.429 e. The molecule has 1 saturated heterocycles. The van der Waals surface area contributed by atoms with Gasteiger partial charge < -0.3 is 18.9 Å². The maximum atomic E-state index is 13.0. The molecule has 0 N–H and O–H groups in total. The minimum atomic E-state index is -0.646. The van der Waals surface area contributed by atoms with Crippen molar-refractivity contribution >= 4 is 18.2 Å². The van der Waals surface area contributed by atoms with Crippen LogP contribution in [0.4, 0.5) is 9.59 Å². The number of hydrazine groups is 1. The van der Waals surface area contributed by atoms with Crippen molar-refractivity contribution in [1.29, 1.82) is 0 Å². The van der Waals surface area contributed by atoms with Crippen molar-refractivity contribution in [1.82, 2.24) is 10.0 Å². The Morgan fingerprint density at radius 1 is 1.00 bits per heavy atom. The van der Waals surface area contributed by atoms with Crippen molar-refractivity contribution in [2.45, 2.75) is 78.7 Å². The first-order chi connectivity index (χ1) is 16.2. The summed E-state index contributed by atoms with van der Waals surface area (Å²) in [6.45, 7) is 10.1. The molecule has 0 saturated carbocycles. The van der Waals surface area contributed by atoms with Crippen LogP contribution in [0, 0.1) is 5.92 Å². The van der Waals surface area contributed by atoms with Crippen molar-refractivity contribution < 1.29 is 33.3 Å². The SMILES string of the molecule is CCOC(=O)C[C@H]1CN(C(=O)OC(C)C)N(C(=O)OC(C)C)[C@@H]1CCCOCc1ccccc1. The summed E-state index contributed by atoms with van der Waals surface area (Å²) in [6.07, 6.45) is -0.767. The molecule has 0 spiro atoms. The van der Waals surface area contributed by atoms with Crippen LogP contribution in [-0.2, 0) is 30.3 Å². The summed E-state index contributed by atoms with van der Waals surface area (Å²) in [5.41, 5.74) is 1.08. The second kappa shape index (κ2) is 13.8. The molecule has 1 aliphatic heterocycles. The highest BCUT2D eigenvalue weighted by Gasteiger charge is 2.47. The van der Waals surface area contributed by atoms with Gasteiger partial charge in [0.25, 0.3) is 0 Å². The normalized spacial score (nSPS) is 17.9. The molecule has 0 radical (unpaired) electrons. The Labute approximate surface area is 202 Å². The van der Waals surface area contributed by atoms with Crippen LogP contribution < -0.4 is 0 Å². The van der Waals surface area contributed by atoms with E-state index in [2.05, 4.69) is 0 Å². The highest BCUT2D eigenvalue weighted by molar-refractivity contribution is 5.76. The molecule has 0 unspecified atom stereocenters. The monoisotopic (exact) mass is 478 g/mol. The van der Waals surface area contributed by atoms with Crippen LogP contribution in [0.5, 0.6) is 0 Å². The van der Waals surface area contributed by atoms with Gasteiger partial charge in [-0.25, -0.2) is 19.6 Å². The van der Waals surface area contributed by atoms with E-state index in [0.29, 0.717) is 26.1 Å². The zero-order valence-electron chi connectivity index (χ0n) is 20.9. The van der Waals surface area contributed by atoms with Crippen LogP contribution >= 0.6 is 0 Å². The minimum absolute atomic E-state index is 0.0836. The summed E-state index contributed by atoms with van der Waals surface area (Å²) in [5.74, 6) is -0.679. The second-order valence-electron chi connectivity index (χ2n) is 8.81. The molecule has 2 rings (SSSR count). The number of rotatable bonds is 11. The van der Waals surface area contributed by atoms with Crippen LogP contribution in [0.3, 0.4) is 0 Å². The van der Waals surface area contributed by atoms with Gasteiger partial charge in [0.05, 0.1) is 44.4 Å². The average Bonchev–Trinajstić information content (AvgIpc) is 3.11. The third kappa shape index (κ3) is 8.52. The minimum Gasteiger partial charge on any atom is -0.466 e. The van der Waals surface area contributed by atoms with Gasteiger partial charge in [-0.2, -0.15) is 0 Å². The van der Waals surface area contributed by atoms with Gasteiger partial charge in [0.1, 0.15) is 0 Å². The van der Waals surface area contributed by atoms with E-state index in [0.717, 1.165) is 5.56 Å². The lowest BCUT2D eigenvalue weighted by Gasteiger charge is -2.32. The number of carbonyl (C=O) groups excluding carboxylic acids is 3. The van der Waals surface area contributed by atoms with Gasteiger partial charge >= 0.3 is 18.2 Å². The van der Waals surface area contributed by atoms with Crippen molar-refractivity contribution in [3.8, 4) is 0 Å². The number of amides is 2. The fourth-order valence-corrected chi connectivity index (χ4v) is 3.88. The maximum absolute atomic E-state index is 13.0. The third-order valence-corrected chi connectivity index (χ3v) is 5.23. The molecule has 9 heteroatoms. The molecule has 2 amide bonds. The van der Waals surface area contributed by atoms with Gasteiger partial charge in [-0.3, -0.25) is 4.79 Å². The average molecular weight is 479 g/mol. The van der Waals surface area contributed by atoms with E-state index >= 15 is 0 Å². The zero-order valence-corrected chi connectivity index (χ0v) is 20.9. The van der Waals surface area contributed by atoms with E-state index in [4.69, 9.17) is 18.9 Å². The molecule has 2 atom stereocenters. The molecule has 0 bridgehead atoms. The second-order valence-corrected chi connectivity index (χ2v) is 8.81. The zero-order chi connectivity index (χ0) is 25.1. The predicted molar refractivity (Wildman–Crippen MR) is 126 cm³/mol. The first-order valence-corrected chi connectivity index (χ1v) is 12.0. The third-order valence-electron chi connectivity index (χ3n) is 5.23. The lowest BCUT2D eigenvalue weighted by Crippen LogP contribution is -2.50. The summed E-state index contributed by atoms with van der Waals surface area (Å²) in [6, 6.07) is 9.42. The van der Waals surface area contributed by atoms with Crippen molar-refractivity contribution in [3.05, 3.63) is 35.9 Å². The fourth-order valence-electron chi connectivity index (χ4n) is 3.88. The molecule has 1 aromatic carbocycles. The summed E-state index contributed by atoms with van der Waals surface area (Å²) in [4.78, 5) is 38.1. The smallest absolute Gasteiger partial charge is 0.429 e. The molecule has 1 fully saturated rings. The van der Waals surface area contributed by atoms with Crippen LogP contribution in [0.25, 0.3) is 0 Å². The Hall–Kier alpha value is -2.81. The summed E-state index contributed by atoms with van der Waals surface area (Å²) >= 11 is 0. The Kier molecular flexibility index (Phi) is 11.1. The van der Waals surface area contributed by atoms with Crippen LogP contribution in [0.2, 0.25) is 0 Å². The molecule has 1 aromatic rings. The van der Waals surface area contributed by atoms with Crippen molar-refractivity contribution in [3.63, 3.8) is 0 Å². The Bertz CT molecular complexity index is 785. The Morgan fingerprint density at radius 3 is 2.26 bits per heavy atom. The highest BCUT2D eigenvalue weighted by Crippen LogP contribution is 2.32. The van der Waals surface area contributed by atoms with Crippen molar-refractivity contribution in [2.75, 3.05) is 19.8 Å². The Balaban J connectivity index is 2.13. The summed E-state index contributed by atoms with van der Waals surface area (Å²) in [7, 11) is 0. The Morgan fingerprint density at radius 2 is 1.65 bits per heavy atom. The lowest BCUT2D eigenvalue weighted by atomic mass is 9.94. The molecule has 1 aliphatic rings. The standard InChI is InChI=1S/C25H38N2O7/c1-6-32-23(28)15-21-16-26(24(29)33-18(2)3)27(25(30)34-19(4)5)22(21)13-10-14-31-17-20-11-8-7-9-12-20/h7-9,11-12,18-19,21-22H,6,10,13-17H2,1-5H3/t21-,22+/m0/s1. The lowest BCUT2D eigenvalue weighted by molar-refractivity contribution is -0.144. The number of hydrogen-bond donors (Lipinski definition) is 0. The van der Waals surface area contributed by atoms with Gasteiger partial charge in [0.15, 0.2) is 0 Å². The van der Waals surface area contributed by atoms with Gasteiger partial charge in [0.2, 0.25) is 0 Å². The van der Waals surface area contributed by atoms with E-state index < -0.39 is 18.2 Å². The highest BCUT2D eigenvalue weighted by atomic mass is 16.6. The quantitative estimate of drug-likeness (QED) is 0.262. The van der Waals surface area contributed by atoms with E-state index in [9.17, 15) is 14.4 Å². The van der Waals surface area contributed by atoms with Crippen molar-refractivity contribution in [2.24, 2.45) is 5.92 Å². The van der Waals surface area contributed by atoms with E-state index in [1.807, 2.05) is 30.3 Å². The fraction of sp³-hybridized carbons (Fsp3) is 0.640. The first kappa shape index (κ1) is 27.4. The largest absolute Gasteiger partial charge is 0.466 e.